The van der Waals surface area contributed by atoms with E-state index in [1.807, 2.05) is 0 Å². The molecule has 138 valence electrons. The van der Waals surface area contributed by atoms with Crippen molar-refractivity contribution < 1.29 is 18.8 Å². The molecule has 2 aromatic heterocycles. The maximum atomic E-state index is 12.3. The molecule has 0 radical (unpaired) electrons. The number of rotatable bonds is 6. The number of ketones is 1. The fourth-order valence-electron chi connectivity index (χ4n) is 2.31. The molecule has 9 nitrogen and oxygen atoms in total. The molecule has 3 rings (SSSR count). The van der Waals surface area contributed by atoms with Crippen LogP contribution in [0.15, 0.2) is 53.1 Å². The summed E-state index contributed by atoms with van der Waals surface area (Å²) in [6.45, 7) is 0. The van der Waals surface area contributed by atoms with Crippen molar-refractivity contribution in [2.75, 3.05) is 16.4 Å². The first-order valence-electron chi connectivity index (χ1n) is 8.00. The van der Waals surface area contributed by atoms with Gasteiger partial charge in [-0.2, -0.15) is 5.10 Å². The van der Waals surface area contributed by atoms with E-state index in [2.05, 4.69) is 15.7 Å². The number of hydrogen-bond donors (Lipinski definition) is 3. The predicted octanol–water partition coefficient (Wildman–Crippen LogP) is 2.06. The highest BCUT2D eigenvalue weighted by molar-refractivity contribution is 6.11. The Morgan fingerprint density at radius 3 is 2.56 bits per heavy atom. The van der Waals surface area contributed by atoms with Gasteiger partial charge in [-0.1, -0.05) is 0 Å². The van der Waals surface area contributed by atoms with Crippen LogP contribution in [0.5, 0.6) is 0 Å². The topological polar surface area (TPSA) is 132 Å². The molecule has 0 aliphatic rings. The van der Waals surface area contributed by atoms with Crippen molar-refractivity contribution in [3.8, 4) is 0 Å². The van der Waals surface area contributed by atoms with E-state index in [1.165, 1.54) is 23.1 Å². The number of nitrogen functional groups attached to an aromatic ring is 1. The molecule has 0 atom stereocenters. The number of Topliss-reactive ketones (excluding diaryl/α,β-unsaturated/α-hetero) is 1. The maximum Gasteiger partial charge on any atom is 0.292 e. The molecule has 1 aromatic carbocycles. The van der Waals surface area contributed by atoms with E-state index in [4.69, 9.17) is 10.2 Å². The average molecular weight is 367 g/mol. The molecular formula is C18H17N5O4. The Hall–Kier alpha value is -3.88. The lowest BCUT2D eigenvalue weighted by molar-refractivity contribution is -0.115. The Bertz CT molecular complexity index is 974. The van der Waals surface area contributed by atoms with E-state index >= 15 is 0 Å². The van der Waals surface area contributed by atoms with Crippen molar-refractivity contribution in [2.24, 2.45) is 7.05 Å². The molecule has 0 aliphatic heterocycles. The second-order valence-corrected chi connectivity index (χ2v) is 5.74. The Morgan fingerprint density at radius 1 is 1.15 bits per heavy atom. The smallest absolute Gasteiger partial charge is 0.292 e. The van der Waals surface area contributed by atoms with Crippen molar-refractivity contribution >= 4 is 34.8 Å². The van der Waals surface area contributed by atoms with Gasteiger partial charge in [0.2, 0.25) is 5.91 Å². The van der Waals surface area contributed by atoms with Crippen molar-refractivity contribution in [1.82, 2.24) is 9.78 Å². The minimum absolute atomic E-state index is 0.0692. The van der Waals surface area contributed by atoms with Crippen molar-refractivity contribution in [3.63, 3.8) is 0 Å². The number of aryl methyl sites for hydroxylation is 1. The zero-order chi connectivity index (χ0) is 19.4. The number of nitrogens with one attached hydrogen (secondary N) is 2. The number of aromatic nitrogens is 2. The second kappa shape index (κ2) is 7.56. The SMILES string of the molecule is Cn1nc(C(=O)CC(=O)Nc2ccc(N)cc2)cc1NC(=O)c1ccco1. The monoisotopic (exact) mass is 367 g/mol. The first-order chi connectivity index (χ1) is 12.9. The first-order valence-corrected chi connectivity index (χ1v) is 8.00. The highest BCUT2D eigenvalue weighted by Crippen LogP contribution is 2.14. The van der Waals surface area contributed by atoms with Crippen LogP contribution in [-0.2, 0) is 11.8 Å². The first kappa shape index (κ1) is 17.9. The molecule has 0 bridgehead atoms. The number of nitrogens with zero attached hydrogens (tertiary/aromatic N) is 2. The molecule has 0 spiro atoms. The van der Waals surface area contributed by atoms with E-state index in [0.717, 1.165) is 0 Å². The zero-order valence-electron chi connectivity index (χ0n) is 14.4. The summed E-state index contributed by atoms with van der Waals surface area (Å²) in [5.41, 5.74) is 6.76. The summed E-state index contributed by atoms with van der Waals surface area (Å²) in [6.07, 6.45) is 1.000. The van der Waals surface area contributed by atoms with Gasteiger partial charge in [0.05, 0.1) is 12.7 Å². The molecular weight excluding hydrogens is 350 g/mol. The number of carbonyl (C=O) groups excluding carboxylic acids is 3. The van der Waals surface area contributed by atoms with Crippen LogP contribution in [0, 0.1) is 0 Å². The Kier molecular flexibility index (Phi) is 5.02. The molecule has 0 saturated heterocycles. The van der Waals surface area contributed by atoms with Crippen LogP contribution in [0.25, 0.3) is 0 Å². The van der Waals surface area contributed by atoms with Crippen molar-refractivity contribution in [1.29, 1.82) is 0 Å². The molecule has 0 saturated carbocycles. The van der Waals surface area contributed by atoms with Gasteiger partial charge in [0, 0.05) is 24.5 Å². The summed E-state index contributed by atoms with van der Waals surface area (Å²) in [5.74, 6) is -0.984. The predicted molar refractivity (Wildman–Crippen MR) is 98.3 cm³/mol. The Labute approximate surface area is 154 Å². The molecule has 0 fully saturated rings. The molecule has 4 N–H and O–H groups in total. The van der Waals surface area contributed by atoms with Gasteiger partial charge in [-0.05, 0) is 36.4 Å². The highest BCUT2D eigenvalue weighted by atomic mass is 16.3. The minimum atomic E-state index is -0.475. The molecule has 2 amide bonds. The third-order valence-electron chi connectivity index (χ3n) is 3.67. The van der Waals surface area contributed by atoms with Crippen LogP contribution in [-0.4, -0.2) is 27.4 Å². The molecule has 9 heteroatoms. The maximum absolute atomic E-state index is 12.3. The quantitative estimate of drug-likeness (QED) is 0.347. The number of benzene rings is 1. The van der Waals surface area contributed by atoms with Crippen LogP contribution in [0.4, 0.5) is 17.2 Å². The van der Waals surface area contributed by atoms with Gasteiger partial charge in [0.15, 0.2) is 11.5 Å². The van der Waals surface area contributed by atoms with Crippen LogP contribution >= 0.6 is 0 Å². The van der Waals surface area contributed by atoms with Gasteiger partial charge in [-0.15, -0.1) is 0 Å². The number of anilines is 3. The number of furan rings is 1. The Balaban J connectivity index is 1.62. The third-order valence-corrected chi connectivity index (χ3v) is 3.67. The van der Waals surface area contributed by atoms with E-state index in [1.54, 1.807) is 37.4 Å². The average Bonchev–Trinajstić information content (AvgIpc) is 3.27. The van der Waals surface area contributed by atoms with E-state index < -0.39 is 17.6 Å². The van der Waals surface area contributed by atoms with Crippen LogP contribution in [0.3, 0.4) is 0 Å². The molecule has 0 aliphatic carbocycles. The lowest BCUT2D eigenvalue weighted by Crippen LogP contribution is -2.17. The summed E-state index contributed by atoms with van der Waals surface area (Å²) in [6, 6.07) is 11.1. The normalized spacial score (nSPS) is 10.4. The largest absolute Gasteiger partial charge is 0.459 e. The second-order valence-electron chi connectivity index (χ2n) is 5.74. The van der Waals surface area contributed by atoms with Gasteiger partial charge < -0.3 is 20.8 Å². The van der Waals surface area contributed by atoms with Crippen molar-refractivity contribution in [2.45, 2.75) is 6.42 Å². The zero-order valence-corrected chi connectivity index (χ0v) is 14.4. The van der Waals surface area contributed by atoms with E-state index in [9.17, 15) is 14.4 Å². The van der Waals surface area contributed by atoms with Crippen LogP contribution in [0.2, 0.25) is 0 Å². The third kappa shape index (κ3) is 4.40. The van der Waals surface area contributed by atoms with Gasteiger partial charge in [0.1, 0.15) is 11.5 Å². The number of hydrogen-bond acceptors (Lipinski definition) is 6. The van der Waals surface area contributed by atoms with E-state index in [-0.39, 0.29) is 17.9 Å². The van der Waals surface area contributed by atoms with Gasteiger partial charge in [-0.3, -0.25) is 19.1 Å². The Morgan fingerprint density at radius 2 is 1.89 bits per heavy atom. The number of amides is 2. The summed E-state index contributed by atoms with van der Waals surface area (Å²) < 4.78 is 6.35. The standard InChI is InChI=1S/C18H17N5O4/c1-23-16(21-18(26)15-3-2-8-27-15)9-13(22-23)14(24)10-17(25)20-12-6-4-11(19)5-7-12/h2-9H,10,19H2,1H3,(H,20,25)(H,21,26). The molecule has 0 unspecified atom stereocenters. The summed E-state index contributed by atoms with van der Waals surface area (Å²) in [5, 5.41) is 9.24. The lowest BCUT2D eigenvalue weighted by Gasteiger charge is -2.04. The fourth-order valence-corrected chi connectivity index (χ4v) is 2.31. The number of carbonyl (C=O) groups is 3. The highest BCUT2D eigenvalue weighted by Gasteiger charge is 2.18. The van der Waals surface area contributed by atoms with Crippen LogP contribution in [0.1, 0.15) is 27.5 Å². The summed E-state index contributed by atoms with van der Waals surface area (Å²) in [7, 11) is 1.57. The summed E-state index contributed by atoms with van der Waals surface area (Å²) in [4.78, 5) is 36.3. The lowest BCUT2D eigenvalue weighted by atomic mass is 10.2. The molecule has 27 heavy (non-hydrogen) atoms. The minimum Gasteiger partial charge on any atom is -0.459 e. The number of nitrogens with two attached hydrogens (primary N) is 1. The molecule has 2 heterocycles. The summed E-state index contributed by atoms with van der Waals surface area (Å²) >= 11 is 0. The van der Waals surface area contributed by atoms with Gasteiger partial charge in [0.25, 0.3) is 5.91 Å². The van der Waals surface area contributed by atoms with Gasteiger partial charge >= 0.3 is 0 Å². The van der Waals surface area contributed by atoms with Crippen LogP contribution < -0.4 is 16.4 Å². The van der Waals surface area contributed by atoms with Gasteiger partial charge in [-0.25, -0.2) is 0 Å². The molecule has 3 aromatic rings. The van der Waals surface area contributed by atoms with Crippen molar-refractivity contribution in [3.05, 3.63) is 60.2 Å². The fraction of sp³-hybridized carbons (Fsp3) is 0.111. The van der Waals surface area contributed by atoms with E-state index in [0.29, 0.717) is 17.2 Å².